The van der Waals surface area contributed by atoms with Gasteiger partial charge in [0.25, 0.3) is 0 Å². The third-order valence-electron chi connectivity index (χ3n) is 10.8. The second kappa shape index (κ2) is 35.2. The van der Waals surface area contributed by atoms with Crippen molar-refractivity contribution in [3.63, 3.8) is 0 Å². The average Bonchev–Trinajstić information content (AvgIpc) is 3.19. The van der Waals surface area contributed by atoms with Gasteiger partial charge in [0.2, 0.25) is 5.91 Å². The SMILES string of the molecule is CCCCCCCCCC/C=C/CC/C=C/C(O)C(COC1OC(CO)C(O)C(OS(=O)(=O)O)C1O)NC(=O)C(O)CCCCCCCCCCCCCCCCC. The van der Waals surface area contributed by atoms with Crippen LogP contribution in [0.1, 0.15) is 187 Å². The Labute approximate surface area is 351 Å². The van der Waals surface area contributed by atoms with Gasteiger partial charge in [-0.1, -0.05) is 179 Å². The zero-order valence-corrected chi connectivity index (χ0v) is 36.8. The van der Waals surface area contributed by atoms with Gasteiger partial charge in [-0.25, -0.2) is 4.18 Å². The van der Waals surface area contributed by atoms with Crippen molar-refractivity contribution in [1.29, 1.82) is 0 Å². The number of unbranched alkanes of at least 4 members (excludes halogenated alkanes) is 23. The van der Waals surface area contributed by atoms with Crippen LogP contribution in [0.2, 0.25) is 0 Å². The summed E-state index contributed by atoms with van der Waals surface area (Å²) in [5.74, 6) is -0.711. The molecule has 1 heterocycles. The van der Waals surface area contributed by atoms with E-state index in [0.29, 0.717) is 12.8 Å². The van der Waals surface area contributed by atoms with Gasteiger partial charge in [-0.15, -0.1) is 0 Å². The summed E-state index contributed by atoms with van der Waals surface area (Å²) in [7, 11) is -5.12. The highest BCUT2D eigenvalue weighted by molar-refractivity contribution is 7.80. The first-order valence-electron chi connectivity index (χ1n) is 22.8. The number of carbonyl (C=O) groups is 1. The maximum absolute atomic E-state index is 13.1. The molecule has 0 aromatic heterocycles. The number of aliphatic hydroxyl groups is 5. The number of ether oxygens (including phenoxy) is 2. The third-order valence-corrected chi connectivity index (χ3v) is 11.3. The molecule has 1 aliphatic heterocycles. The molecule has 0 bridgehead atoms. The summed E-state index contributed by atoms with van der Waals surface area (Å²) in [5, 5.41) is 55.1. The number of carbonyl (C=O) groups excluding carboxylic acids is 1. The van der Waals surface area contributed by atoms with Crippen molar-refractivity contribution >= 4 is 16.3 Å². The lowest BCUT2D eigenvalue weighted by atomic mass is 9.99. The second-order valence-corrected chi connectivity index (χ2v) is 17.2. The Balaban J connectivity index is 2.62. The smallest absolute Gasteiger partial charge is 0.394 e. The molecule has 1 aliphatic rings. The van der Waals surface area contributed by atoms with E-state index in [1.165, 1.54) is 122 Å². The van der Waals surface area contributed by atoms with Crippen molar-refractivity contribution in [2.75, 3.05) is 13.2 Å². The first-order chi connectivity index (χ1) is 27.9. The molecule has 1 rings (SSSR count). The minimum atomic E-state index is -5.12. The van der Waals surface area contributed by atoms with Crippen LogP contribution in [0.4, 0.5) is 0 Å². The van der Waals surface area contributed by atoms with Crippen LogP contribution in [-0.2, 0) is 28.9 Å². The molecule has 13 nitrogen and oxygen atoms in total. The highest BCUT2D eigenvalue weighted by Crippen LogP contribution is 2.26. The molecule has 0 aliphatic carbocycles. The molecule has 0 spiro atoms. The van der Waals surface area contributed by atoms with E-state index in [9.17, 15) is 38.7 Å². The van der Waals surface area contributed by atoms with E-state index in [4.69, 9.17) is 14.0 Å². The molecular formula is C44H83NO12S. The Morgan fingerprint density at radius 1 is 0.690 bits per heavy atom. The summed E-state index contributed by atoms with van der Waals surface area (Å²) in [5.41, 5.74) is 0. The molecule has 0 aromatic rings. The lowest BCUT2D eigenvalue weighted by Gasteiger charge is -2.41. The van der Waals surface area contributed by atoms with Crippen LogP contribution in [-0.4, -0.2) is 107 Å². The van der Waals surface area contributed by atoms with Gasteiger partial charge in [0, 0.05) is 0 Å². The molecule has 14 heteroatoms. The Bertz CT molecular complexity index is 1160. The van der Waals surface area contributed by atoms with E-state index in [1.54, 1.807) is 6.08 Å². The van der Waals surface area contributed by atoms with Crippen LogP contribution in [0.15, 0.2) is 24.3 Å². The first-order valence-corrected chi connectivity index (χ1v) is 24.2. The van der Waals surface area contributed by atoms with Gasteiger partial charge in [-0.05, 0) is 32.1 Å². The molecule has 0 radical (unpaired) electrons. The fourth-order valence-electron chi connectivity index (χ4n) is 7.18. The van der Waals surface area contributed by atoms with Crippen molar-refractivity contribution in [2.24, 2.45) is 0 Å². The zero-order chi connectivity index (χ0) is 42.9. The summed E-state index contributed by atoms with van der Waals surface area (Å²) in [6, 6.07) is -1.13. The zero-order valence-electron chi connectivity index (χ0n) is 36.0. The number of rotatable bonds is 38. The van der Waals surface area contributed by atoms with Crippen LogP contribution in [0.25, 0.3) is 0 Å². The van der Waals surface area contributed by atoms with Gasteiger partial charge in [0.05, 0.1) is 25.4 Å². The van der Waals surface area contributed by atoms with E-state index in [2.05, 4.69) is 35.5 Å². The molecule has 1 amide bonds. The predicted molar refractivity (Wildman–Crippen MR) is 228 cm³/mol. The summed E-state index contributed by atoms with van der Waals surface area (Å²) in [4.78, 5) is 13.1. The Morgan fingerprint density at radius 2 is 1.16 bits per heavy atom. The van der Waals surface area contributed by atoms with E-state index in [-0.39, 0.29) is 6.42 Å². The number of allylic oxidation sites excluding steroid dienone is 3. The molecule has 58 heavy (non-hydrogen) atoms. The van der Waals surface area contributed by atoms with Crippen molar-refractivity contribution in [2.45, 2.75) is 236 Å². The topological polar surface area (TPSA) is 212 Å². The molecule has 8 atom stereocenters. The second-order valence-electron chi connectivity index (χ2n) is 16.1. The molecule has 1 fully saturated rings. The summed E-state index contributed by atoms with van der Waals surface area (Å²) in [6.45, 7) is 3.19. The number of hydrogen-bond acceptors (Lipinski definition) is 11. The fourth-order valence-corrected chi connectivity index (χ4v) is 7.69. The maximum atomic E-state index is 13.1. The van der Waals surface area contributed by atoms with Gasteiger partial charge < -0.3 is 40.3 Å². The number of amides is 1. The lowest BCUT2D eigenvalue weighted by Crippen LogP contribution is -2.61. The predicted octanol–water partition coefficient (Wildman–Crippen LogP) is 7.52. The third kappa shape index (κ3) is 27.4. The minimum absolute atomic E-state index is 0.240. The highest BCUT2D eigenvalue weighted by atomic mass is 32.3. The van der Waals surface area contributed by atoms with Gasteiger partial charge in [0.1, 0.15) is 30.5 Å². The van der Waals surface area contributed by atoms with E-state index < -0.39 is 78.5 Å². The monoisotopic (exact) mass is 850 g/mol. The van der Waals surface area contributed by atoms with Crippen molar-refractivity contribution in [3.8, 4) is 0 Å². The largest absolute Gasteiger partial charge is 0.397 e. The van der Waals surface area contributed by atoms with Crippen LogP contribution in [0.5, 0.6) is 0 Å². The van der Waals surface area contributed by atoms with Crippen molar-refractivity contribution < 1.29 is 57.0 Å². The van der Waals surface area contributed by atoms with Crippen molar-refractivity contribution in [1.82, 2.24) is 5.32 Å². The molecule has 0 aromatic carbocycles. The molecule has 342 valence electrons. The van der Waals surface area contributed by atoms with Crippen LogP contribution < -0.4 is 5.32 Å². The quantitative estimate of drug-likeness (QED) is 0.0183. The summed E-state index contributed by atoms with van der Waals surface area (Å²) in [6.07, 6.45) is 26.9. The molecule has 1 saturated heterocycles. The van der Waals surface area contributed by atoms with E-state index in [0.717, 1.165) is 38.5 Å². The number of aliphatic hydroxyl groups excluding tert-OH is 5. The first kappa shape index (κ1) is 54.6. The lowest BCUT2D eigenvalue weighted by molar-refractivity contribution is -0.298. The maximum Gasteiger partial charge on any atom is 0.397 e. The van der Waals surface area contributed by atoms with Gasteiger partial charge in [-0.3, -0.25) is 9.35 Å². The van der Waals surface area contributed by atoms with E-state index >= 15 is 0 Å². The normalized spacial score (nSPS) is 21.8. The van der Waals surface area contributed by atoms with E-state index in [1.807, 2.05) is 0 Å². The van der Waals surface area contributed by atoms with Gasteiger partial charge >= 0.3 is 10.4 Å². The van der Waals surface area contributed by atoms with Gasteiger partial charge in [0.15, 0.2) is 6.29 Å². The highest BCUT2D eigenvalue weighted by Gasteiger charge is 2.48. The van der Waals surface area contributed by atoms with Crippen LogP contribution in [0, 0.1) is 0 Å². The van der Waals surface area contributed by atoms with Crippen LogP contribution in [0.3, 0.4) is 0 Å². The minimum Gasteiger partial charge on any atom is -0.394 e. The molecular weight excluding hydrogens is 767 g/mol. The molecule has 8 unspecified atom stereocenters. The van der Waals surface area contributed by atoms with Crippen LogP contribution >= 0.6 is 0 Å². The average molecular weight is 850 g/mol. The van der Waals surface area contributed by atoms with Gasteiger partial charge in [-0.2, -0.15) is 8.42 Å². The number of hydrogen-bond donors (Lipinski definition) is 7. The molecule has 7 N–H and O–H groups in total. The number of nitrogens with one attached hydrogen (secondary N) is 1. The fraction of sp³-hybridized carbons (Fsp3) is 0.886. The molecule has 0 saturated carbocycles. The Kier molecular flexibility index (Phi) is 33.1. The summed E-state index contributed by atoms with van der Waals surface area (Å²) >= 11 is 0. The summed E-state index contributed by atoms with van der Waals surface area (Å²) < 4.78 is 47.4. The van der Waals surface area contributed by atoms with Crippen molar-refractivity contribution in [3.05, 3.63) is 24.3 Å². The Morgan fingerprint density at radius 3 is 1.66 bits per heavy atom. The Hall–Kier alpha value is -1.46. The standard InChI is InChI=1S/C44H83NO12S/c1-3-5-7-9-11-13-15-17-19-21-23-25-27-29-31-33-38(48)43(51)45-36(35-55-44-41(50)42(57-58(52,53)54)40(49)39(34-46)56-44)37(47)32-30-28-26-24-22-20-18-16-14-12-10-8-6-4-2/h22,24,30,32,36-42,44,46-50H,3-21,23,25-29,31,33-35H2,1-2H3,(H,45,51)(H,52,53,54)/b24-22+,32-30+.